The van der Waals surface area contributed by atoms with E-state index in [0.29, 0.717) is 0 Å². The zero-order chi connectivity index (χ0) is 7.11. The van der Waals surface area contributed by atoms with E-state index in [1.807, 2.05) is 6.92 Å². The summed E-state index contributed by atoms with van der Waals surface area (Å²) in [5.41, 5.74) is 0. The van der Waals surface area contributed by atoms with Crippen molar-refractivity contribution in [3.05, 3.63) is 0 Å². The highest BCUT2D eigenvalue weighted by molar-refractivity contribution is 4.43. The highest BCUT2D eigenvalue weighted by atomic mass is 16.5. The molecule has 2 nitrogen and oxygen atoms in total. The Morgan fingerprint density at radius 3 is 2.67 bits per heavy atom. The third-order valence-electron chi connectivity index (χ3n) is 1.16. The molecule has 0 aromatic carbocycles. The number of ether oxygens (including phenoxy) is 1. The molecule has 0 fully saturated rings. The monoisotopic (exact) mass is 132 g/mol. The van der Waals surface area contributed by atoms with E-state index in [1.54, 1.807) is 0 Å². The predicted molar refractivity (Wildman–Crippen MR) is 37.4 cm³/mol. The lowest BCUT2D eigenvalue weighted by molar-refractivity contribution is 0.0237. The summed E-state index contributed by atoms with van der Waals surface area (Å²) in [6.45, 7) is 4.89. The van der Waals surface area contributed by atoms with Gasteiger partial charge in [-0.1, -0.05) is 13.3 Å². The molecule has 0 heterocycles. The molecule has 1 atom stereocenters. The van der Waals surface area contributed by atoms with Crippen molar-refractivity contribution in [1.82, 2.24) is 0 Å². The summed E-state index contributed by atoms with van der Waals surface area (Å²) >= 11 is 0. The largest absolute Gasteiger partial charge is 0.394 e. The molecule has 0 saturated carbocycles. The maximum Gasteiger partial charge on any atom is 0.0777 e. The van der Waals surface area contributed by atoms with E-state index in [0.717, 1.165) is 19.4 Å². The van der Waals surface area contributed by atoms with E-state index in [-0.39, 0.29) is 12.7 Å². The first-order chi connectivity index (χ1) is 4.31. The van der Waals surface area contributed by atoms with Crippen LogP contribution in [0, 0.1) is 0 Å². The van der Waals surface area contributed by atoms with E-state index in [4.69, 9.17) is 9.84 Å². The molecule has 0 amide bonds. The standard InChI is InChI=1S/C7H16O2/c1-3-4-5-9-7(2)6-8/h7-8H,3-6H2,1-2H3/t7-/m1/s1. The van der Waals surface area contributed by atoms with Gasteiger partial charge in [-0.2, -0.15) is 0 Å². The van der Waals surface area contributed by atoms with E-state index in [9.17, 15) is 0 Å². The van der Waals surface area contributed by atoms with Crippen molar-refractivity contribution < 1.29 is 9.84 Å². The molecule has 1 N–H and O–H groups in total. The first kappa shape index (κ1) is 8.92. The molecule has 56 valence electrons. The van der Waals surface area contributed by atoms with Crippen LogP contribution in [0.25, 0.3) is 0 Å². The lowest BCUT2D eigenvalue weighted by Crippen LogP contribution is -2.13. The van der Waals surface area contributed by atoms with Crippen LogP contribution in [0.3, 0.4) is 0 Å². The van der Waals surface area contributed by atoms with Crippen molar-refractivity contribution in [2.45, 2.75) is 32.8 Å². The molecule has 0 aliphatic carbocycles. The topological polar surface area (TPSA) is 29.5 Å². The Bertz CT molecular complexity index is 54.9. The first-order valence-corrected chi connectivity index (χ1v) is 3.53. The lowest BCUT2D eigenvalue weighted by Gasteiger charge is -2.07. The van der Waals surface area contributed by atoms with Crippen LogP contribution in [0.2, 0.25) is 0 Å². The average Bonchev–Trinajstić information content (AvgIpc) is 1.89. The summed E-state index contributed by atoms with van der Waals surface area (Å²) in [5, 5.41) is 8.51. The number of hydrogen-bond acceptors (Lipinski definition) is 2. The summed E-state index contributed by atoms with van der Waals surface area (Å²) in [6.07, 6.45) is 2.25. The molecule has 9 heavy (non-hydrogen) atoms. The summed E-state index contributed by atoms with van der Waals surface area (Å²) in [4.78, 5) is 0. The molecule has 0 unspecified atom stereocenters. The van der Waals surface area contributed by atoms with Crippen LogP contribution in [0.5, 0.6) is 0 Å². The molecular formula is C7H16O2. The average molecular weight is 132 g/mol. The van der Waals surface area contributed by atoms with Gasteiger partial charge >= 0.3 is 0 Å². The Morgan fingerprint density at radius 2 is 2.22 bits per heavy atom. The molecule has 0 bridgehead atoms. The van der Waals surface area contributed by atoms with Crippen LogP contribution in [0.15, 0.2) is 0 Å². The molecule has 0 radical (unpaired) electrons. The van der Waals surface area contributed by atoms with Crippen LogP contribution in [-0.2, 0) is 4.74 Å². The third kappa shape index (κ3) is 5.80. The second-order valence-electron chi connectivity index (χ2n) is 2.22. The lowest BCUT2D eigenvalue weighted by atomic mass is 10.3. The summed E-state index contributed by atoms with van der Waals surface area (Å²) in [5.74, 6) is 0. The molecular weight excluding hydrogens is 116 g/mol. The highest BCUT2D eigenvalue weighted by Crippen LogP contribution is 1.92. The van der Waals surface area contributed by atoms with Crippen LogP contribution in [-0.4, -0.2) is 24.4 Å². The van der Waals surface area contributed by atoms with Crippen LogP contribution in [0.4, 0.5) is 0 Å². The molecule has 0 aromatic rings. The van der Waals surface area contributed by atoms with Gasteiger partial charge in [0.15, 0.2) is 0 Å². The Balaban J connectivity index is 2.88. The molecule has 2 heteroatoms. The number of hydrogen-bond donors (Lipinski definition) is 1. The number of aliphatic hydroxyl groups excluding tert-OH is 1. The van der Waals surface area contributed by atoms with Crippen molar-refractivity contribution in [3.8, 4) is 0 Å². The van der Waals surface area contributed by atoms with Crippen molar-refractivity contribution in [2.24, 2.45) is 0 Å². The summed E-state index contributed by atoms with van der Waals surface area (Å²) in [7, 11) is 0. The van der Waals surface area contributed by atoms with Gasteiger partial charge in [-0.25, -0.2) is 0 Å². The van der Waals surface area contributed by atoms with E-state index >= 15 is 0 Å². The van der Waals surface area contributed by atoms with Gasteiger partial charge in [-0.15, -0.1) is 0 Å². The molecule has 0 rings (SSSR count). The zero-order valence-corrected chi connectivity index (χ0v) is 6.26. The van der Waals surface area contributed by atoms with Crippen molar-refractivity contribution in [2.75, 3.05) is 13.2 Å². The second-order valence-corrected chi connectivity index (χ2v) is 2.22. The minimum absolute atomic E-state index is 0.0107. The van der Waals surface area contributed by atoms with Gasteiger partial charge in [-0.3, -0.25) is 0 Å². The number of unbranched alkanes of at least 4 members (excludes halogenated alkanes) is 1. The minimum Gasteiger partial charge on any atom is -0.394 e. The number of rotatable bonds is 5. The molecule has 0 aliphatic heterocycles. The van der Waals surface area contributed by atoms with Gasteiger partial charge in [0.25, 0.3) is 0 Å². The van der Waals surface area contributed by atoms with Crippen LogP contribution < -0.4 is 0 Å². The van der Waals surface area contributed by atoms with Crippen LogP contribution >= 0.6 is 0 Å². The molecule has 0 spiro atoms. The van der Waals surface area contributed by atoms with Crippen molar-refractivity contribution >= 4 is 0 Å². The quantitative estimate of drug-likeness (QED) is 0.569. The Morgan fingerprint density at radius 1 is 1.56 bits per heavy atom. The van der Waals surface area contributed by atoms with Gasteiger partial charge in [-0.05, 0) is 13.3 Å². The van der Waals surface area contributed by atoms with Crippen molar-refractivity contribution in [3.63, 3.8) is 0 Å². The normalized spacial score (nSPS) is 13.7. The third-order valence-corrected chi connectivity index (χ3v) is 1.16. The van der Waals surface area contributed by atoms with Crippen LogP contribution in [0.1, 0.15) is 26.7 Å². The second kappa shape index (κ2) is 6.05. The first-order valence-electron chi connectivity index (χ1n) is 3.53. The maximum absolute atomic E-state index is 8.51. The SMILES string of the molecule is CCCCO[C@H](C)CO. The Labute approximate surface area is 56.8 Å². The van der Waals surface area contributed by atoms with E-state index in [1.165, 1.54) is 0 Å². The fourth-order valence-corrected chi connectivity index (χ4v) is 0.482. The van der Waals surface area contributed by atoms with E-state index < -0.39 is 0 Å². The van der Waals surface area contributed by atoms with Gasteiger partial charge in [0.1, 0.15) is 0 Å². The molecule has 0 aliphatic rings. The fourth-order valence-electron chi connectivity index (χ4n) is 0.482. The van der Waals surface area contributed by atoms with Gasteiger partial charge in [0.05, 0.1) is 12.7 Å². The minimum atomic E-state index is 0.0107. The molecule has 0 saturated heterocycles. The van der Waals surface area contributed by atoms with Crippen molar-refractivity contribution in [1.29, 1.82) is 0 Å². The van der Waals surface area contributed by atoms with Gasteiger partial charge in [0.2, 0.25) is 0 Å². The Kier molecular flexibility index (Phi) is 5.99. The summed E-state index contributed by atoms with van der Waals surface area (Å²) < 4.78 is 5.18. The Hall–Kier alpha value is -0.0800. The fraction of sp³-hybridized carbons (Fsp3) is 1.00. The zero-order valence-electron chi connectivity index (χ0n) is 6.26. The smallest absolute Gasteiger partial charge is 0.0777 e. The molecule has 0 aromatic heterocycles. The predicted octanol–water partition coefficient (Wildman–Crippen LogP) is 1.18. The number of aliphatic hydroxyl groups is 1. The maximum atomic E-state index is 8.51. The summed E-state index contributed by atoms with van der Waals surface area (Å²) in [6, 6.07) is 0. The van der Waals surface area contributed by atoms with E-state index in [2.05, 4.69) is 6.92 Å². The highest BCUT2D eigenvalue weighted by Gasteiger charge is 1.96. The van der Waals surface area contributed by atoms with Gasteiger partial charge in [0, 0.05) is 6.61 Å². The van der Waals surface area contributed by atoms with Gasteiger partial charge < -0.3 is 9.84 Å².